The van der Waals surface area contributed by atoms with Crippen molar-refractivity contribution in [3.05, 3.63) is 93.6 Å². The van der Waals surface area contributed by atoms with Crippen molar-refractivity contribution in [1.82, 2.24) is 10.4 Å². The van der Waals surface area contributed by atoms with E-state index in [1.165, 1.54) is 24.4 Å². The van der Waals surface area contributed by atoms with Crippen molar-refractivity contribution in [3.8, 4) is 5.75 Å². The molecule has 0 aliphatic heterocycles. The van der Waals surface area contributed by atoms with Gasteiger partial charge in [-0.05, 0) is 61.9 Å². The van der Waals surface area contributed by atoms with Crippen LogP contribution >= 0.6 is 23.2 Å². The number of hydrogen-bond acceptors (Lipinski definition) is 6. The number of methoxy groups -OCH3 is 1. The quantitative estimate of drug-likeness (QED) is 0.171. The summed E-state index contributed by atoms with van der Waals surface area (Å²) >= 11 is 12.6. The van der Waals surface area contributed by atoms with Gasteiger partial charge in [-0.3, -0.25) is 9.10 Å². The van der Waals surface area contributed by atoms with Gasteiger partial charge in [-0.1, -0.05) is 47.0 Å². The number of hydrogen-bond donors (Lipinski definition) is 1. The zero-order valence-corrected chi connectivity index (χ0v) is 23.1. The van der Waals surface area contributed by atoms with Crippen LogP contribution in [0, 0.1) is 13.8 Å². The number of aromatic nitrogens is 1. The Balaban J connectivity index is 1.57. The lowest BCUT2D eigenvalue weighted by Crippen LogP contribution is -2.39. The van der Waals surface area contributed by atoms with Crippen LogP contribution in [0.2, 0.25) is 10.2 Å². The number of nitrogens with zero attached hydrogens (tertiary/aromatic N) is 3. The van der Waals surface area contributed by atoms with Crippen LogP contribution in [0.4, 0.5) is 5.69 Å². The van der Waals surface area contributed by atoms with Gasteiger partial charge in [0.25, 0.3) is 15.9 Å². The van der Waals surface area contributed by atoms with E-state index in [1.54, 1.807) is 56.5 Å². The summed E-state index contributed by atoms with van der Waals surface area (Å²) in [5.41, 5.74) is 5.41. The third kappa shape index (κ3) is 6.07. The molecule has 4 rings (SSSR count). The topological polar surface area (TPSA) is 101 Å². The number of nitrogens with one attached hydrogen (secondary N) is 1. The minimum atomic E-state index is -4.09. The summed E-state index contributed by atoms with van der Waals surface area (Å²) in [5.74, 6) is -0.0157. The number of carbonyl (C=O) groups excluding carboxylic acids is 1. The number of aryl methyl sites for hydroxylation is 2. The first-order valence-electron chi connectivity index (χ1n) is 11.4. The highest BCUT2D eigenvalue weighted by Gasteiger charge is 2.27. The van der Waals surface area contributed by atoms with Crippen LogP contribution in [0.25, 0.3) is 10.9 Å². The van der Waals surface area contributed by atoms with Crippen LogP contribution in [0.1, 0.15) is 16.7 Å². The Morgan fingerprint density at radius 3 is 2.47 bits per heavy atom. The molecule has 1 aromatic heterocycles. The molecule has 0 unspecified atom stereocenters. The highest BCUT2D eigenvalue weighted by Crippen LogP contribution is 2.28. The first kappa shape index (κ1) is 27.4. The van der Waals surface area contributed by atoms with E-state index in [0.717, 1.165) is 20.8 Å². The summed E-state index contributed by atoms with van der Waals surface area (Å²) in [6.07, 6.45) is 1.35. The minimum Gasteiger partial charge on any atom is -0.497 e. The van der Waals surface area contributed by atoms with E-state index in [9.17, 15) is 13.2 Å². The van der Waals surface area contributed by atoms with Crippen molar-refractivity contribution in [2.45, 2.75) is 18.7 Å². The SMILES string of the molecule is COc1ccc2cc(/C=N\NC(=O)CN(c3ccc(C)c(Cl)c3)S(=O)(=O)c3ccc(C)cc3)c(Cl)nc2c1. The molecule has 0 bridgehead atoms. The van der Waals surface area contributed by atoms with Gasteiger partial charge in [-0.15, -0.1) is 0 Å². The number of anilines is 1. The number of rotatable bonds is 8. The highest BCUT2D eigenvalue weighted by atomic mass is 35.5. The van der Waals surface area contributed by atoms with E-state index in [4.69, 9.17) is 27.9 Å². The fourth-order valence-corrected chi connectivity index (χ4v) is 5.37. The molecule has 0 fully saturated rings. The molecule has 8 nitrogen and oxygen atoms in total. The lowest BCUT2D eigenvalue weighted by Gasteiger charge is -2.24. The van der Waals surface area contributed by atoms with Crippen LogP contribution in [0.5, 0.6) is 5.75 Å². The van der Waals surface area contributed by atoms with Crippen LogP contribution in [0.15, 0.2) is 76.7 Å². The van der Waals surface area contributed by atoms with Crippen molar-refractivity contribution < 1.29 is 17.9 Å². The maximum absolute atomic E-state index is 13.5. The van der Waals surface area contributed by atoms with E-state index in [-0.39, 0.29) is 15.7 Å². The van der Waals surface area contributed by atoms with Crippen molar-refractivity contribution in [2.75, 3.05) is 18.0 Å². The molecule has 3 aromatic carbocycles. The van der Waals surface area contributed by atoms with Crippen molar-refractivity contribution in [2.24, 2.45) is 5.10 Å². The van der Waals surface area contributed by atoms with E-state index < -0.39 is 22.5 Å². The first-order chi connectivity index (χ1) is 18.1. The number of pyridine rings is 1. The molecule has 0 saturated carbocycles. The number of benzene rings is 3. The summed E-state index contributed by atoms with van der Waals surface area (Å²) in [6.45, 7) is 3.12. The van der Waals surface area contributed by atoms with E-state index in [0.29, 0.717) is 21.9 Å². The fourth-order valence-electron chi connectivity index (χ4n) is 3.59. The lowest BCUT2D eigenvalue weighted by molar-refractivity contribution is -0.119. The second-order valence-corrected chi connectivity index (χ2v) is 11.1. The van der Waals surface area contributed by atoms with Gasteiger partial charge in [0, 0.05) is 22.0 Å². The minimum absolute atomic E-state index is 0.0433. The maximum atomic E-state index is 13.5. The van der Waals surface area contributed by atoms with Gasteiger partial charge in [-0.2, -0.15) is 5.10 Å². The van der Waals surface area contributed by atoms with Crippen LogP contribution in [-0.2, 0) is 14.8 Å². The Bertz CT molecular complexity index is 1640. The monoisotopic (exact) mass is 570 g/mol. The number of carbonyl (C=O) groups is 1. The summed E-state index contributed by atoms with van der Waals surface area (Å²) in [4.78, 5) is 17.2. The van der Waals surface area contributed by atoms with Gasteiger partial charge in [0.15, 0.2) is 0 Å². The summed E-state index contributed by atoms with van der Waals surface area (Å²) in [5, 5.41) is 5.33. The van der Waals surface area contributed by atoms with Gasteiger partial charge >= 0.3 is 0 Å². The van der Waals surface area contributed by atoms with E-state index in [1.807, 2.05) is 13.0 Å². The largest absolute Gasteiger partial charge is 0.497 e. The Hall–Kier alpha value is -3.66. The van der Waals surface area contributed by atoms with Gasteiger partial charge < -0.3 is 4.74 Å². The predicted molar refractivity (Wildman–Crippen MR) is 151 cm³/mol. The summed E-state index contributed by atoms with van der Waals surface area (Å²) < 4.78 is 33.2. The number of amides is 1. The average Bonchev–Trinajstić information content (AvgIpc) is 2.89. The van der Waals surface area contributed by atoms with E-state index >= 15 is 0 Å². The molecule has 0 radical (unpaired) electrons. The normalized spacial score (nSPS) is 11.6. The van der Waals surface area contributed by atoms with Crippen LogP contribution in [-0.4, -0.2) is 39.2 Å². The molecule has 196 valence electrons. The second kappa shape index (κ2) is 11.4. The molecule has 1 amide bonds. The van der Waals surface area contributed by atoms with Gasteiger partial charge in [0.1, 0.15) is 17.4 Å². The van der Waals surface area contributed by atoms with E-state index in [2.05, 4.69) is 15.5 Å². The number of halogens is 2. The molecule has 4 aromatic rings. The molecule has 38 heavy (non-hydrogen) atoms. The maximum Gasteiger partial charge on any atom is 0.264 e. The molecular weight excluding hydrogens is 547 g/mol. The van der Waals surface area contributed by atoms with Crippen LogP contribution < -0.4 is 14.5 Å². The van der Waals surface area contributed by atoms with Gasteiger partial charge in [0.05, 0.1) is 29.4 Å². The van der Waals surface area contributed by atoms with Crippen molar-refractivity contribution in [1.29, 1.82) is 0 Å². The van der Waals surface area contributed by atoms with Crippen LogP contribution in [0.3, 0.4) is 0 Å². The third-order valence-corrected chi connectivity index (χ3v) is 8.24. The molecule has 0 aliphatic rings. The Morgan fingerprint density at radius 1 is 1.05 bits per heavy atom. The molecule has 0 atom stereocenters. The second-order valence-electron chi connectivity index (χ2n) is 8.48. The summed E-state index contributed by atoms with van der Waals surface area (Å²) in [6, 6.07) is 18.3. The Kier molecular flexibility index (Phi) is 8.20. The molecular formula is C27H24Cl2N4O4S. The molecule has 0 spiro atoms. The smallest absolute Gasteiger partial charge is 0.264 e. The number of hydrazone groups is 1. The molecule has 1 N–H and O–H groups in total. The van der Waals surface area contributed by atoms with Crippen molar-refractivity contribution in [3.63, 3.8) is 0 Å². The average molecular weight is 571 g/mol. The first-order valence-corrected chi connectivity index (χ1v) is 13.6. The zero-order chi connectivity index (χ0) is 27.4. The molecule has 0 saturated heterocycles. The zero-order valence-electron chi connectivity index (χ0n) is 20.8. The molecule has 1 heterocycles. The number of ether oxygens (including phenoxy) is 1. The van der Waals surface area contributed by atoms with Gasteiger partial charge in [0.2, 0.25) is 0 Å². The number of fused-ring (bicyclic) bond motifs is 1. The van der Waals surface area contributed by atoms with Gasteiger partial charge in [-0.25, -0.2) is 18.8 Å². The Labute approximate surface area is 230 Å². The predicted octanol–water partition coefficient (Wildman–Crippen LogP) is 5.51. The molecule has 0 aliphatic carbocycles. The summed E-state index contributed by atoms with van der Waals surface area (Å²) in [7, 11) is -2.53. The highest BCUT2D eigenvalue weighted by molar-refractivity contribution is 7.92. The molecule has 11 heteroatoms. The fraction of sp³-hybridized carbons (Fsp3) is 0.148. The Morgan fingerprint density at radius 2 is 1.79 bits per heavy atom. The standard InChI is InChI=1S/C27H24Cl2N4O4S/c1-17-4-10-23(11-5-17)38(35,36)33(21-8-6-18(2)24(28)13-21)16-26(34)32-30-15-20-12-19-7-9-22(37-3)14-25(19)31-27(20)29/h4-15H,16H2,1-3H3,(H,32,34)/b30-15-. The number of sulfonamides is 1. The third-order valence-electron chi connectivity index (χ3n) is 5.74. The lowest BCUT2D eigenvalue weighted by atomic mass is 10.1. The van der Waals surface area contributed by atoms with Crippen molar-refractivity contribution >= 4 is 61.9 Å².